The van der Waals surface area contributed by atoms with Gasteiger partial charge in [-0.2, -0.15) is 0 Å². The van der Waals surface area contributed by atoms with Crippen LogP contribution in [0.3, 0.4) is 0 Å². The van der Waals surface area contributed by atoms with Gasteiger partial charge in [0.15, 0.2) is 0 Å². The van der Waals surface area contributed by atoms with Crippen LogP contribution >= 0.6 is 11.6 Å². The second-order valence-electron chi connectivity index (χ2n) is 4.65. The Morgan fingerprint density at radius 2 is 1.32 bits per heavy atom. The summed E-state index contributed by atoms with van der Waals surface area (Å²) in [5, 5.41) is 5.02. The number of rotatable bonds is 0. The number of benzene rings is 4. The number of hydrogen-bond donors (Lipinski definition) is 0. The fourth-order valence-corrected chi connectivity index (χ4v) is 3.04. The van der Waals surface area contributed by atoms with Gasteiger partial charge in [0.1, 0.15) is 0 Å². The van der Waals surface area contributed by atoms with E-state index in [2.05, 4.69) is 0 Å². The van der Waals surface area contributed by atoms with Crippen molar-refractivity contribution in [2.24, 2.45) is 0 Å². The van der Waals surface area contributed by atoms with Crippen molar-refractivity contribution >= 4 is 43.9 Å². The molecule has 90 valence electrons. The highest BCUT2D eigenvalue weighted by Gasteiger charge is 2.15. The van der Waals surface area contributed by atoms with Gasteiger partial charge < -0.3 is 0 Å². The van der Waals surface area contributed by atoms with Crippen LogP contribution in [0.15, 0.2) is 52.1 Å². The molecule has 0 spiro atoms. The molecule has 0 saturated carbocycles. The van der Waals surface area contributed by atoms with E-state index in [0.717, 1.165) is 21.5 Å². The summed E-state index contributed by atoms with van der Waals surface area (Å²) in [4.78, 5) is 23.9. The van der Waals surface area contributed by atoms with Crippen LogP contribution < -0.4 is 10.9 Å². The van der Waals surface area contributed by atoms with Crippen LogP contribution in [0.2, 0.25) is 5.02 Å². The molecule has 0 radical (unpaired) electrons. The maximum atomic E-state index is 12.1. The zero-order valence-corrected chi connectivity index (χ0v) is 10.5. The van der Waals surface area contributed by atoms with Gasteiger partial charge in [0.2, 0.25) is 10.9 Å². The molecule has 19 heavy (non-hydrogen) atoms. The second-order valence-corrected chi connectivity index (χ2v) is 5.03. The Morgan fingerprint density at radius 1 is 0.684 bits per heavy atom. The van der Waals surface area contributed by atoms with Crippen molar-refractivity contribution in [2.45, 2.75) is 0 Å². The van der Waals surface area contributed by atoms with Gasteiger partial charge in [0, 0.05) is 16.2 Å². The standard InChI is InChI=1S/C16H7ClO2/c17-14-10-6-4-8-2-1-3-9-5-7-11(13(10)12(8)9)15(18)16(14)19/h1-7H. The minimum Gasteiger partial charge on any atom is -0.285 e. The summed E-state index contributed by atoms with van der Waals surface area (Å²) in [6.45, 7) is 0. The molecule has 0 aliphatic carbocycles. The van der Waals surface area contributed by atoms with E-state index in [1.807, 2.05) is 36.4 Å². The van der Waals surface area contributed by atoms with Gasteiger partial charge in [-0.25, -0.2) is 0 Å². The molecule has 4 aromatic carbocycles. The fourth-order valence-electron chi connectivity index (χ4n) is 2.80. The zero-order valence-electron chi connectivity index (χ0n) is 9.74. The minimum absolute atomic E-state index is 0.0238. The van der Waals surface area contributed by atoms with Gasteiger partial charge in [-0.05, 0) is 22.2 Å². The van der Waals surface area contributed by atoms with Gasteiger partial charge in [-0.3, -0.25) is 9.59 Å². The molecule has 4 aromatic rings. The third-order valence-electron chi connectivity index (χ3n) is 3.66. The average Bonchev–Trinajstić information content (AvgIpc) is 2.45. The van der Waals surface area contributed by atoms with Gasteiger partial charge in [0.25, 0.3) is 0 Å². The summed E-state index contributed by atoms with van der Waals surface area (Å²) < 4.78 is 0. The van der Waals surface area contributed by atoms with Crippen LogP contribution in [-0.2, 0) is 0 Å². The van der Waals surface area contributed by atoms with E-state index in [4.69, 9.17) is 11.6 Å². The fraction of sp³-hybridized carbons (Fsp3) is 0. The molecular weight excluding hydrogens is 260 g/mol. The Hall–Kier alpha value is -2.19. The van der Waals surface area contributed by atoms with Crippen LogP contribution in [0.5, 0.6) is 0 Å². The van der Waals surface area contributed by atoms with Crippen molar-refractivity contribution in [3.63, 3.8) is 0 Å². The Kier molecular flexibility index (Phi) is 1.93. The van der Waals surface area contributed by atoms with Crippen molar-refractivity contribution in [3.8, 4) is 0 Å². The average molecular weight is 267 g/mol. The molecular formula is C16H7ClO2. The lowest BCUT2D eigenvalue weighted by Crippen LogP contribution is -2.24. The maximum Gasteiger partial charge on any atom is 0.245 e. The van der Waals surface area contributed by atoms with Crippen LogP contribution in [0.4, 0.5) is 0 Å². The van der Waals surface area contributed by atoms with Crippen molar-refractivity contribution in [1.29, 1.82) is 0 Å². The van der Waals surface area contributed by atoms with E-state index in [9.17, 15) is 9.59 Å². The van der Waals surface area contributed by atoms with E-state index in [0.29, 0.717) is 10.8 Å². The summed E-state index contributed by atoms with van der Waals surface area (Å²) in [6, 6.07) is 13.3. The van der Waals surface area contributed by atoms with Crippen LogP contribution in [0.25, 0.3) is 32.3 Å². The van der Waals surface area contributed by atoms with E-state index < -0.39 is 10.9 Å². The summed E-state index contributed by atoms with van der Waals surface area (Å²) in [5.74, 6) is 0. The molecule has 0 fully saturated rings. The van der Waals surface area contributed by atoms with Crippen molar-refractivity contribution < 1.29 is 0 Å². The van der Waals surface area contributed by atoms with E-state index in [1.54, 1.807) is 6.07 Å². The summed E-state index contributed by atoms with van der Waals surface area (Å²) in [5.41, 5.74) is -1.14. The molecule has 3 heteroatoms. The van der Waals surface area contributed by atoms with Crippen LogP contribution in [0.1, 0.15) is 0 Å². The Labute approximate surface area is 112 Å². The zero-order chi connectivity index (χ0) is 13.1. The van der Waals surface area contributed by atoms with Crippen LogP contribution in [0, 0.1) is 0 Å². The highest BCUT2D eigenvalue weighted by atomic mass is 35.5. The maximum absolute atomic E-state index is 12.1. The second kappa shape index (κ2) is 3.43. The quantitative estimate of drug-likeness (QED) is 0.361. The first-order valence-electron chi connectivity index (χ1n) is 5.91. The molecule has 4 rings (SSSR count). The number of halogens is 1. The smallest absolute Gasteiger partial charge is 0.245 e. The van der Waals surface area contributed by atoms with Crippen molar-refractivity contribution in [1.82, 2.24) is 0 Å². The highest BCUT2D eigenvalue weighted by Crippen LogP contribution is 2.34. The molecule has 0 amide bonds. The predicted molar refractivity (Wildman–Crippen MR) is 78.9 cm³/mol. The molecule has 0 atom stereocenters. The Balaban J connectivity index is 2.55. The van der Waals surface area contributed by atoms with Gasteiger partial charge in [0.05, 0.1) is 5.02 Å². The SMILES string of the molecule is O=c1c(Cl)c2ccc3cccc4ccc(c1=O)c2c34. The third-order valence-corrected chi connectivity index (χ3v) is 4.04. The molecule has 0 unspecified atom stereocenters. The third kappa shape index (κ3) is 1.22. The molecule has 0 aliphatic heterocycles. The van der Waals surface area contributed by atoms with Gasteiger partial charge >= 0.3 is 0 Å². The van der Waals surface area contributed by atoms with Crippen LogP contribution in [-0.4, -0.2) is 0 Å². The van der Waals surface area contributed by atoms with E-state index in [1.165, 1.54) is 0 Å². The van der Waals surface area contributed by atoms with Gasteiger partial charge in [-0.1, -0.05) is 48.0 Å². The summed E-state index contributed by atoms with van der Waals surface area (Å²) in [7, 11) is 0. The van der Waals surface area contributed by atoms with Crippen molar-refractivity contribution in [3.05, 3.63) is 67.9 Å². The van der Waals surface area contributed by atoms with E-state index >= 15 is 0 Å². The topological polar surface area (TPSA) is 34.1 Å². The molecule has 0 saturated heterocycles. The Morgan fingerprint density at radius 3 is 2.00 bits per heavy atom. The summed E-state index contributed by atoms with van der Waals surface area (Å²) >= 11 is 6.04. The minimum atomic E-state index is -0.618. The summed E-state index contributed by atoms with van der Waals surface area (Å²) in [6.07, 6.45) is 0. The lowest BCUT2D eigenvalue weighted by atomic mass is 9.94. The Bertz CT molecular complexity index is 1040. The largest absolute Gasteiger partial charge is 0.285 e. The molecule has 0 heterocycles. The van der Waals surface area contributed by atoms with E-state index in [-0.39, 0.29) is 5.02 Å². The molecule has 0 aromatic heterocycles. The highest BCUT2D eigenvalue weighted by molar-refractivity contribution is 6.38. The molecule has 0 aliphatic rings. The first-order chi connectivity index (χ1) is 9.18. The monoisotopic (exact) mass is 266 g/mol. The normalized spacial score (nSPS) is 11.8. The first-order valence-corrected chi connectivity index (χ1v) is 6.29. The van der Waals surface area contributed by atoms with Gasteiger partial charge in [-0.15, -0.1) is 0 Å². The molecule has 0 N–H and O–H groups in total. The lowest BCUT2D eigenvalue weighted by molar-refractivity contribution is 1.56. The number of hydrogen-bond acceptors (Lipinski definition) is 2. The lowest BCUT2D eigenvalue weighted by Gasteiger charge is -2.10. The van der Waals surface area contributed by atoms with Crippen molar-refractivity contribution in [2.75, 3.05) is 0 Å². The predicted octanol–water partition coefficient (Wildman–Crippen LogP) is 3.40. The first kappa shape index (κ1) is 10.7. The molecule has 0 bridgehead atoms. The molecule has 2 nitrogen and oxygen atoms in total.